The Kier molecular flexibility index (Phi) is 7.83. The van der Waals surface area contributed by atoms with Crippen molar-refractivity contribution in [1.29, 1.82) is 0 Å². The van der Waals surface area contributed by atoms with Crippen molar-refractivity contribution >= 4 is 10.1 Å². The average molecular weight is 153 g/mol. The molecule has 0 fully saturated rings. The van der Waals surface area contributed by atoms with E-state index in [2.05, 4.69) is 13.8 Å². The fourth-order valence-electron chi connectivity index (χ4n) is 0. The number of unbranched alkanes of at least 4 members (excludes halogenated alkanes) is 1. The van der Waals surface area contributed by atoms with E-state index in [4.69, 9.17) is 13.0 Å². The minimum Gasteiger partial charge on any atom is -0.197 e. The van der Waals surface area contributed by atoms with E-state index in [1.165, 1.54) is 12.8 Å². The van der Waals surface area contributed by atoms with Crippen LogP contribution < -0.4 is 0 Å². The first-order chi connectivity index (χ1) is 3.91. The molecular formula is C5H13O3S. The summed E-state index contributed by atoms with van der Waals surface area (Å²) in [5.74, 6) is 0. The molecule has 57 valence electrons. The van der Waals surface area contributed by atoms with Gasteiger partial charge in [0.25, 0.3) is 10.1 Å². The molecule has 0 aromatic heterocycles. The Bertz CT molecular complexity index is 115. The van der Waals surface area contributed by atoms with Gasteiger partial charge in [0.05, 0.1) is 6.26 Å². The third-order valence-corrected chi connectivity index (χ3v) is 0.500. The maximum atomic E-state index is 9.08. The van der Waals surface area contributed by atoms with Crippen molar-refractivity contribution in [3.63, 3.8) is 0 Å². The summed E-state index contributed by atoms with van der Waals surface area (Å²) in [5, 5.41) is 0. The molecule has 0 aliphatic heterocycles. The van der Waals surface area contributed by atoms with Gasteiger partial charge in [-0.25, -0.2) is 0 Å². The minimum absolute atomic E-state index is 0.604. The molecule has 9 heavy (non-hydrogen) atoms. The molecule has 0 rings (SSSR count). The molecule has 0 atom stereocenters. The molecule has 0 N–H and O–H groups in total. The van der Waals surface area contributed by atoms with Crippen LogP contribution in [0.25, 0.3) is 0 Å². The molecule has 0 aromatic carbocycles. The fourth-order valence-corrected chi connectivity index (χ4v) is 0. The van der Waals surface area contributed by atoms with Gasteiger partial charge >= 0.3 is 0 Å². The number of rotatable bonds is 1. The third kappa shape index (κ3) is 334. The van der Waals surface area contributed by atoms with Gasteiger partial charge in [-0.1, -0.05) is 31.2 Å². The zero-order valence-corrected chi connectivity index (χ0v) is 6.86. The largest absolute Gasteiger partial charge is 0.291 e. The van der Waals surface area contributed by atoms with E-state index in [-0.39, 0.29) is 0 Å². The van der Waals surface area contributed by atoms with Gasteiger partial charge in [0.1, 0.15) is 0 Å². The van der Waals surface area contributed by atoms with Crippen molar-refractivity contribution < 1.29 is 13.0 Å². The van der Waals surface area contributed by atoms with Crippen molar-refractivity contribution in [1.82, 2.24) is 0 Å². The molecule has 0 unspecified atom stereocenters. The second-order valence-electron chi connectivity index (χ2n) is 1.70. The standard InChI is InChI=1S/C4H10.CH3O3S/c1-3-4-2;1-5(2,3)4/h3-4H2,1-2H3;1H3. The van der Waals surface area contributed by atoms with Crippen molar-refractivity contribution in [2.24, 2.45) is 0 Å². The molecule has 0 spiro atoms. The molecule has 0 aliphatic carbocycles. The van der Waals surface area contributed by atoms with Crippen molar-refractivity contribution in [3.8, 4) is 0 Å². The van der Waals surface area contributed by atoms with E-state index < -0.39 is 10.1 Å². The summed E-state index contributed by atoms with van der Waals surface area (Å²) in [6.45, 7) is 4.36. The van der Waals surface area contributed by atoms with Crippen LogP contribution in [-0.4, -0.2) is 14.7 Å². The Balaban J connectivity index is 0. The van der Waals surface area contributed by atoms with Gasteiger partial charge in [-0.3, -0.25) is 0 Å². The minimum atomic E-state index is -3.92. The van der Waals surface area contributed by atoms with E-state index in [0.29, 0.717) is 6.26 Å². The van der Waals surface area contributed by atoms with Crippen LogP contribution in [0, 0.1) is 0 Å². The second kappa shape index (κ2) is 6.04. The highest BCUT2D eigenvalue weighted by atomic mass is 32.2. The summed E-state index contributed by atoms with van der Waals surface area (Å²) in [6.07, 6.45) is 3.24. The molecule has 0 saturated heterocycles. The first-order valence-electron chi connectivity index (χ1n) is 2.82. The zero-order chi connectivity index (χ0) is 7.91. The van der Waals surface area contributed by atoms with Gasteiger partial charge in [-0.2, -0.15) is 8.42 Å². The van der Waals surface area contributed by atoms with Crippen LogP contribution in [-0.2, 0) is 14.7 Å². The molecule has 1 radical (unpaired) electrons. The van der Waals surface area contributed by atoms with E-state index in [0.717, 1.165) is 0 Å². The monoisotopic (exact) mass is 153 g/mol. The smallest absolute Gasteiger partial charge is 0.197 e. The normalized spacial score (nSPS) is 9.78. The van der Waals surface area contributed by atoms with Gasteiger partial charge < -0.3 is 0 Å². The Morgan fingerprint density at radius 1 is 1.11 bits per heavy atom. The van der Waals surface area contributed by atoms with E-state index in [1.54, 1.807) is 0 Å². The predicted molar refractivity (Wildman–Crippen MR) is 36.1 cm³/mol. The van der Waals surface area contributed by atoms with Crippen molar-refractivity contribution in [2.45, 2.75) is 26.7 Å². The van der Waals surface area contributed by atoms with Crippen LogP contribution >= 0.6 is 0 Å². The summed E-state index contributed by atoms with van der Waals surface area (Å²) < 4.78 is 27.2. The molecule has 3 nitrogen and oxygen atoms in total. The highest BCUT2D eigenvalue weighted by molar-refractivity contribution is 7.84. The van der Waals surface area contributed by atoms with Gasteiger partial charge in [0, 0.05) is 0 Å². The van der Waals surface area contributed by atoms with Crippen molar-refractivity contribution in [2.75, 3.05) is 6.26 Å². The summed E-state index contributed by atoms with van der Waals surface area (Å²) in [6, 6.07) is 0. The van der Waals surface area contributed by atoms with Gasteiger partial charge in [-0.05, 0) is 0 Å². The zero-order valence-electron chi connectivity index (χ0n) is 6.05. The molecule has 4 heteroatoms. The van der Waals surface area contributed by atoms with Gasteiger partial charge in [-0.15, -0.1) is 0 Å². The van der Waals surface area contributed by atoms with Gasteiger partial charge in [0.2, 0.25) is 0 Å². The van der Waals surface area contributed by atoms with Crippen LogP contribution in [0.2, 0.25) is 0 Å². The lowest BCUT2D eigenvalue weighted by Gasteiger charge is -1.68. The highest BCUT2D eigenvalue weighted by Gasteiger charge is 1.85. The first kappa shape index (κ1) is 11.7. The summed E-state index contributed by atoms with van der Waals surface area (Å²) in [5.41, 5.74) is 0. The number of hydrogen-bond acceptors (Lipinski definition) is 2. The van der Waals surface area contributed by atoms with Crippen LogP contribution in [0.1, 0.15) is 26.7 Å². The lowest BCUT2D eigenvalue weighted by atomic mass is 10.4. The molecule has 0 aliphatic rings. The molecule has 0 saturated carbocycles. The van der Waals surface area contributed by atoms with Crippen LogP contribution in [0.4, 0.5) is 0 Å². The third-order valence-electron chi connectivity index (χ3n) is 0.500. The molecule has 0 amide bonds. The van der Waals surface area contributed by atoms with E-state index in [1.807, 2.05) is 0 Å². The first-order valence-corrected chi connectivity index (χ1v) is 4.64. The second-order valence-corrected chi connectivity index (χ2v) is 3.11. The number of hydrogen-bond donors (Lipinski definition) is 0. The predicted octanol–water partition coefficient (Wildman–Crippen LogP) is 1.18. The quantitative estimate of drug-likeness (QED) is 0.568. The Morgan fingerprint density at radius 2 is 1.22 bits per heavy atom. The molecular weight excluding hydrogens is 140 g/mol. The highest BCUT2D eigenvalue weighted by Crippen LogP contribution is 1.76. The molecule has 0 heterocycles. The Hall–Kier alpha value is -0.0900. The lowest BCUT2D eigenvalue weighted by Crippen LogP contribution is -1.85. The Morgan fingerprint density at radius 3 is 1.22 bits per heavy atom. The topological polar surface area (TPSA) is 54.0 Å². The molecule has 0 aromatic rings. The van der Waals surface area contributed by atoms with E-state index in [9.17, 15) is 0 Å². The summed E-state index contributed by atoms with van der Waals surface area (Å²) >= 11 is 0. The van der Waals surface area contributed by atoms with Crippen LogP contribution in [0.3, 0.4) is 0 Å². The van der Waals surface area contributed by atoms with Crippen LogP contribution in [0.5, 0.6) is 0 Å². The summed E-state index contributed by atoms with van der Waals surface area (Å²) in [4.78, 5) is 0. The average Bonchev–Trinajstić information content (AvgIpc) is 1.61. The SMILES string of the molecule is CCCC.CS([O])(=O)=O. The maximum Gasteiger partial charge on any atom is 0.291 e. The van der Waals surface area contributed by atoms with Crippen LogP contribution in [0.15, 0.2) is 0 Å². The Labute approximate surface area is 56.8 Å². The maximum absolute atomic E-state index is 9.08. The van der Waals surface area contributed by atoms with E-state index >= 15 is 0 Å². The van der Waals surface area contributed by atoms with Crippen molar-refractivity contribution in [3.05, 3.63) is 0 Å². The lowest BCUT2D eigenvalue weighted by molar-refractivity contribution is 0.420. The summed E-state index contributed by atoms with van der Waals surface area (Å²) in [7, 11) is -3.92. The fraction of sp³-hybridized carbons (Fsp3) is 1.00. The van der Waals surface area contributed by atoms with Gasteiger partial charge in [0.15, 0.2) is 0 Å². The molecule has 0 bridgehead atoms.